The van der Waals surface area contributed by atoms with Crippen molar-refractivity contribution in [1.82, 2.24) is 0 Å². The molecule has 0 bridgehead atoms. The predicted molar refractivity (Wildman–Crippen MR) is 66.2 cm³/mol. The monoisotopic (exact) mass is 231 g/mol. The van der Waals surface area contributed by atoms with Crippen LogP contribution in [0.3, 0.4) is 0 Å². The third-order valence-corrected chi connectivity index (χ3v) is 2.85. The Kier molecular flexibility index (Phi) is 3.71. The topological polar surface area (TPSA) is 12.4 Å². The Hall–Kier alpha value is -0.120. The normalized spacial score (nSPS) is 26.8. The molecule has 0 aromatic rings. The molecule has 1 heterocycles. The smallest absolute Gasteiger partial charge is 0.155 e. The molecule has 0 aromatic heterocycles. The van der Waals surface area contributed by atoms with Crippen molar-refractivity contribution in [3.8, 4) is 0 Å². The fraction of sp³-hybridized carbons (Fsp3) is 0.333. The molecule has 1 nitrogen and oxygen atoms in total. The number of thiocarbonyl (C=S) groups is 1. The minimum absolute atomic E-state index is 0.479. The molecule has 0 radical (unpaired) electrons. The Morgan fingerprint density at radius 3 is 2.92 bits per heavy atom. The van der Waals surface area contributed by atoms with Crippen molar-refractivity contribution in [2.24, 2.45) is 4.99 Å². The lowest BCUT2D eigenvalue weighted by atomic mass is 10.0. The molecule has 0 fully saturated rings. The maximum atomic E-state index is 6.01. The summed E-state index contributed by atoms with van der Waals surface area (Å²) in [5.41, 5.74) is -0.685. The molecule has 0 amide bonds. The first-order chi connectivity index (χ1) is 6.13. The van der Waals surface area contributed by atoms with Gasteiger partial charge in [-0.2, -0.15) is 0 Å². The van der Waals surface area contributed by atoms with Gasteiger partial charge in [0.25, 0.3) is 0 Å². The summed E-state index contributed by atoms with van der Waals surface area (Å²) in [6.45, 7) is 2.04. The van der Waals surface area contributed by atoms with Gasteiger partial charge in [0, 0.05) is 6.21 Å². The molecule has 1 aliphatic rings. The number of allylic oxidation sites excluding steroid dienone is 2. The minimum Gasteiger partial charge on any atom is -0.270 e. The Bertz CT molecular complexity index is 307. The standard InChI is InChI=1S/C9H10ClNS2/c1-2-3-5-9(8(12)13)7(10)4-6-11-9/h3-6H,2H2,1H3,(H,12,13). The Labute approximate surface area is 94.0 Å². The molecule has 0 aromatic carbocycles. The number of rotatable bonds is 3. The molecule has 0 aliphatic carbocycles. The van der Waals surface area contributed by atoms with Crippen LogP contribution in [0.2, 0.25) is 0 Å². The molecule has 0 spiro atoms. The fourth-order valence-electron chi connectivity index (χ4n) is 1.05. The van der Waals surface area contributed by atoms with Crippen molar-refractivity contribution < 1.29 is 0 Å². The van der Waals surface area contributed by atoms with Gasteiger partial charge in [-0.05, 0) is 18.6 Å². The van der Waals surface area contributed by atoms with Crippen LogP contribution in [0, 0.1) is 0 Å². The maximum absolute atomic E-state index is 6.01. The highest BCUT2D eigenvalue weighted by molar-refractivity contribution is 8.11. The first kappa shape index (κ1) is 11.0. The zero-order valence-corrected chi connectivity index (χ0v) is 9.66. The van der Waals surface area contributed by atoms with E-state index in [-0.39, 0.29) is 0 Å². The summed E-state index contributed by atoms with van der Waals surface area (Å²) in [5, 5.41) is 0.609. The average Bonchev–Trinajstić information content (AvgIpc) is 2.45. The van der Waals surface area contributed by atoms with E-state index in [4.69, 9.17) is 23.8 Å². The summed E-state index contributed by atoms with van der Waals surface area (Å²) in [4.78, 5) is 4.23. The quantitative estimate of drug-likeness (QED) is 0.447. The highest BCUT2D eigenvalue weighted by Crippen LogP contribution is 2.33. The van der Waals surface area contributed by atoms with E-state index < -0.39 is 5.54 Å². The van der Waals surface area contributed by atoms with Gasteiger partial charge in [0.1, 0.15) is 0 Å². The number of hydrogen-bond acceptors (Lipinski definition) is 2. The van der Waals surface area contributed by atoms with Crippen LogP contribution in [0.15, 0.2) is 28.3 Å². The minimum atomic E-state index is -0.685. The summed E-state index contributed by atoms with van der Waals surface area (Å²) in [6.07, 6.45) is 8.21. The van der Waals surface area contributed by atoms with Crippen molar-refractivity contribution in [2.75, 3.05) is 0 Å². The molecular weight excluding hydrogens is 222 g/mol. The highest BCUT2D eigenvalue weighted by Gasteiger charge is 2.35. The summed E-state index contributed by atoms with van der Waals surface area (Å²) >= 11 is 15.2. The molecule has 1 unspecified atom stereocenters. The van der Waals surface area contributed by atoms with Gasteiger partial charge in [-0.1, -0.05) is 36.8 Å². The molecule has 1 rings (SSSR count). The lowest BCUT2D eigenvalue weighted by Crippen LogP contribution is -2.28. The SMILES string of the molecule is CCC=CC1(C(=S)S)N=CC=C1Cl. The molecular formula is C9H10ClNS2. The van der Waals surface area contributed by atoms with Crippen LogP contribution in [-0.4, -0.2) is 16.0 Å². The van der Waals surface area contributed by atoms with Crippen LogP contribution < -0.4 is 0 Å². The van der Waals surface area contributed by atoms with Gasteiger partial charge in [-0.25, -0.2) is 0 Å². The lowest BCUT2D eigenvalue weighted by molar-refractivity contribution is 0.901. The van der Waals surface area contributed by atoms with Crippen molar-refractivity contribution in [2.45, 2.75) is 18.9 Å². The van der Waals surface area contributed by atoms with E-state index in [2.05, 4.69) is 17.6 Å². The molecule has 13 heavy (non-hydrogen) atoms. The summed E-state index contributed by atoms with van der Waals surface area (Å²) in [5.74, 6) is 0. The van der Waals surface area contributed by atoms with E-state index in [0.717, 1.165) is 6.42 Å². The second-order valence-electron chi connectivity index (χ2n) is 2.67. The Morgan fingerprint density at radius 2 is 2.54 bits per heavy atom. The maximum Gasteiger partial charge on any atom is 0.155 e. The van der Waals surface area contributed by atoms with E-state index in [1.54, 1.807) is 12.3 Å². The molecule has 4 heteroatoms. The molecule has 0 saturated heterocycles. The van der Waals surface area contributed by atoms with Gasteiger partial charge in [0.2, 0.25) is 0 Å². The van der Waals surface area contributed by atoms with Crippen LogP contribution in [0.5, 0.6) is 0 Å². The van der Waals surface area contributed by atoms with Crippen molar-refractivity contribution in [3.05, 3.63) is 23.3 Å². The van der Waals surface area contributed by atoms with Gasteiger partial charge < -0.3 is 0 Å². The second kappa shape index (κ2) is 4.40. The predicted octanol–water partition coefficient (Wildman–Crippen LogP) is 3.16. The van der Waals surface area contributed by atoms with E-state index >= 15 is 0 Å². The molecule has 70 valence electrons. The summed E-state index contributed by atoms with van der Waals surface area (Å²) in [7, 11) is 0. The van der Waals surface area contributed by atoms with Crippen LogP contribution in [0.1, 0.15) is 13.3 Å². The summed E-state index contributed by atoms with van der Waals surface area (Å²) < 4.78 is 0.479. The van der Waals surface area contributed by atoms with Gasteiger partial charge >= 0.3 is 0 Å². The third kappa shape index (κ3) is 2.03. The Balaban J connectivity index is 3.03. The molecule has 0 saturated carbocycles. The van der Waals surface area contributed by atoms with Crippen molar-refractivity contribution in [1.29, 1.82) is 0 Å². The number of halogens is 1. The second-order valence-corrected chi connectivity index (χ2v) is 4.24. The van der Waals surface area contributed by atoms with Gasteiger partial charge in [-0.15, -0.1) is 12.6 Å². The lowest BCUT2D eigenvalue weighted by Gasteiger charge is -2.20. The fourth-order valence-corrected chi connectivity index (χ4v) is 1.92. The third-order valence-electron chi connectivity index (χ3n) is 1.78. The first-order valence-corrected chi connectivity index (χ1v) is 5.19. The van der Waals surface area contributed by atoms with Gasteiger partial charge in [0.05, 0.1) is 9.23 Å². The van der Waals surface area contributed by atoms with Gasteiger partial charge in [-0.3, -0.25) is 4.99 Å². The molecule has 1 atom stereocenters. The molecule has 0 N–H and O–H groups in total. The number of hydrogen-bond donors (Lipinski definition) is 1. The number of aliphatic imine (C=N–C) groups is 1. The number of nitrogens with zero attached hydrogens (tertiary/aromatic N) is 1. The average molecular weight is 232 g/mol. The van der Waals surface area contributed by atoms with Crippen LogP contribution in [0.4, 0.5) is 0 Å². The van der Waals surface area contributed by atoms with Crippen molar-refractivity contribution in [3.63, 3.8) is 0 Å². The van der Waals surface area contributed by atoms with Crippen LogP contribution in [0.25, 0.3) is 0 Å². The van der Waals surface area contributed by atoms with Crippen molar-refractivity contribution >= 4 is 46.9 Å². The van der Waals surface area contributed by atoms with E-state index in [9.17, 15) is 0 Å². The van der Waals surface area contributed by atoms with E-state index in [1.807, 2.05) is 19.1 Å². The zero-order valence-electron chi connectivity index (χ0n) is 7.20. The van der Waals surface area contributed by atoms with Gasteiger partial charge in [0.15, 0.2) is 5.54 Å². The van der Waals surface area contributed by atoms with E-state index in [1.165, 1.54) is 0 Å². The number of thiol groups is 1. The zero-order chi connectivity index (χ0) is 9.90. The van der Waals surface area contributed by atoms with Crippen LogP contribution in [-0.2, 0) is 0 Å². The highest BCUT2D eigenvalue weighted by atomic mass is 35.5. The Morgan fingerprint density at radius 1 is 1.85 bits per heavy atom. The largest absolute Gasteiger partial charge is 0.270 e. The van der Waals surface area contributed by atoms with E-state index in [0.29, 0.717) is 9.23 Å². The first-order valence-electron chi connectivity index (χ1n) is 3.96. The molecule has 1 aliphatic heterocycles. The summed E-state index contributed by atoms with van der Waals surface area (Å²) in [6, 6.07) is 0. The van der Waals surface area contributed by atoms with Crippen LogP contribution >= 0.6 is 36.4 Å².